The van der Waals surface area contributed by atoms with E-state index in [1.807, 2.05) is 0 Å². The molecule has 7 nitrogen and oxygen atoms in total. The highest BCUT2D eigenvalue weighted by atomic mass is 32.2. The Morgan fingerprint density at radius 3 is 2.41 bits per heavy atom. The fourth-order valence-corrected chi connectivity index (χ4v) is 5.42. The van der Waals surface area contributed by atoms with Gasteiger partial charge in [-0.05, 0) is 49.7 Å². The molecule has 1 aliphatic rings. The standard InChI is InChI=1S/C21H24F3N3O4S/c1-31-17-8-3-2-7-16(17)18(28)27-19(32(25,29)30)20(9-11-26-12-10-20)14-5-4-6-15(13-14)21(22,23)24/h2-8,13,19,26H,9-12H2,1H3,(H,27,28)(H2,25,29,30). The van der Waals surface area contributed by atoms with Crippen molar-refractivity contribution in [2.45, 2.75) is 29.8 Å². The fourth-order valence-electron chi connectivity index (χ4n) is 4.14. The average Bonchev–Trinajstić information content (AvgIpc) is 2.76. The minimum atomic E-state index is -4.61. The number of methoxy groups -OCH3 is 1. The summed E-state index contributed by atoms with van der Waals surface area (Å²) in [5.41, 5.74) is -2.04. The first-order valence-corrected chi connectivity index (χ1v) is 11.4. The molecule has 1 atom stereocenters. The Bertz CT molecular complexity index is 1080. The number of para-hydroxylation sites is 1. The highest BCUT2D eigenvalue weighted by Crippen LogP contribution is 2.41. The molecule has 0 aliphatic carbocycles. The second-order valence-electron chi connectivity index (χ2n) is 7.63. The minimum absolute atomic E-state index is 0.0803. The number of hydrogen-bond donors (Lipinski definition) is 3. The van der Waals surface area contributed by atoms with Gasteiger partial charge in [-0.2, -0.15) is 13.2 Å². The number of benzene rings is 2. The number of amides is 1. The van der Waals surface area contributed by atoms with E-state index in [0.717, 1.165) is 12.1 Å². The van der Waals surface area contributed by atoms with Crippen molar-refractivity contribution in [3.63, 3.8) is 0 Å². The van der Waals surface area contributed by atoms with Crippen molar-refractivity contribution in [3.05, 3.63) is 65.2 Å². The average molecular weight is 472 g/mol. The number of alkyl halides is 3. The molecular formula is C21H24F3N3O4S. The maximum atomic E-state index is 13.4. The van der Waals surface area contributed by atoms with Crippen LogP contribution in [0.15, 0.2) is 48.5 Å². The highest BCUT2D eigenvalue weighted by molar-refractivity contribution is 7.89. The number of nitrogens with two attached hydrogens (primary N) is 1. The molecule has 32 heavy (non-hydrogen) atoms. The van der Waals surface area contributed by atoms with Crippen molar-refractivity contribution in [1.29, 1.82) is 0 Å². The van der Waals surface area contributed by atoms with Crippen molar-refractivity contribution in [2.24, 2.45) is 5.14 Å². The smallest absolute Gasteiger partial charge is 0.416 e. The minimum Gasteiger partial charge on any atom is -0.496 e. The second kappa shape index (κ2) is 9.08. The van der Waals surface area contributed by atoms with E-state index in [1.54, 1.807) is 12.1 Å². The number of hydrogen-bond acceptors (Lipinski definition) is 5. The van der Waals surface area contributed by atoms with E-state index in [4.69, 9.17) is 9.88 Å². The van der Waals surface area contributed by atoms with Gasteiger partial charge in [-0.15, -0.1) is 0 Å². The Kier molecular flexibility index (Phi) is 6.82. The monoisotopic (exact) mass is 471 g/mol. The Labute approximate surface area is 184 Å². The van der Waals surface area contributed by atoms with Gasteiger partial charge in [0.25, 0.3) is 5.91 Å². The van der Waals surface area contributed by atoms with Crippen LogP contribution in [0, 0.1) is 0 Å². The third-order valence-electron chi connectivity index (χ3n) is 5.70. The first-order chi connectivity index (χ1) is 15.0. The molecule has 174 valence electrons. The van der Waals surface area contributed by atoms with Gasteiger partial charge in [0.1, 0.15) is 5.75 Å². The summed E-state index contributed by atoms with van der Waals surface area (Å²) in [4.78, 5) is 13.0. The van der Waals surface area contributed by atoms with Crippen molar-refractivity contribution < 1.29 is 31.1 Å². The number of rotatable bonds is 6. The Morgan fingerprint density at radius 1 is 1.16 bits per heavy atom. The van der Waals surface area contributed by atoms with Crippen LogP contribution in [0.25, 0.3) is 0 Å². The molecule has 1 aliphatic heterocycles. The second-order valence-corrected chi connectivity index (χ2v) is 9.28. The lowest BCUT2D eigenvalue weighted by Gasteiger charge is -2.43. The van der Waals surface area contributed by atoms with Gasteiger partial charge in [0, 0.05) is 5.41 Å². The molecule has 1 saturated heterocycles. The molecule has 1 amide bonds. The summed E-state index contributed by atoms with van der Waals surface area (Å²) < 4.78 is 70.7. The van der Waals surface area contributed by atoms with Crippen LogP contribution in [0.2, 0.25) is 0 Å². The van der Waals surface area contributed by atoms with Gasteiger partial charge in [0.2, 0.25) is 10.0 Å². The van der Waals surface area contributed by atoms with Gasteiger partial charge in [-0.1, -0.05) is 30.3 Å². The number of carbonyl (C=O) groups excluding carboxylic acids is 1. The number of piperidine rings is 1. The fraction of sp³-hybridized carbons (Fsp3) is 0.381. The van der Waals surface area contributed by atoms with Gasteiger partial charge < -0.3 is 15.4 Å². The Hall–Kier alpha value is -2.63. The SMILES string of the molecule is COc1ccccc1C(=O)NC(C1(c2cccc(C(F)(F)F)c2)CCNCC1)S(N)(=O)=O. The van der Waals surface area contributed by atoms with Crippen LogP contribution in [0.3, 0.4) is 0 Å². The first-order valence-electron chi connectivity index (χ1n) is 9.83. The van der Waals surface area contributed by atoms with Crippen LogP contribution in [-0.2, 0) is 21.6 Å². The molecule has 1 unspecified atom stereocenters. The Balaban J connectivity index is 2.11. The number of sulfonamides is 1. The lowest BCUT2D eigenvalue weighted by molar-refractivity contribution is -0.137. The van der Waals surface area contributed by atoms with Crippen molar-refractivity contribution in [3.8, 4) is 5.75 Å². The van der Waals surface area contributed by atoms with E-state index in [2.05, 4.69) is 10.6 Å². The van der Waals surface area contributed by atoms with E-state index in [9.17, 15) is 26.4 Å². The molecule has 0 aromatic heterocycles. The number of carbonyl (C=O) groups is 1. The molecular weight excluding hydrogens is 447 g/mol. The van der Waals surface area contributed by atoms with Crippen LogP contribution < -0.4 is 20.5 Å². The lowest BCUT2D eigenvalue weighted by atomic mass is 9.72. The van der Waals surface area contributed by atoms with E-state index in [1.165, 1.54) is 31.4 Å². The molecule has 0 spiro atoms. The molecule has 0 bridgehead atoms. The zero-order valence-corrected chi connectivity index (χ0v) is 18.1. The van der Waals surface area contributed by atoms with Crippen LogP contribution in [0.4, 0.5) is 13.2 Å². The van der Waals surface area contributed by atoms with Gasteiger partial charge >= 0.3 is 6.18 Å². The molecule has 11 heteroatoms. The highest BCUT2D eigenvalue weighted by Gasteiger charge is 2.48. The van der Waals surface area contributed by atoms with Gasteiger partial charge in [-0.3, -0.25) is 4.79 Å². The quantitative estimate of drug-likeness (QED) is 0.599. The lowest BCUT2D eigenvalue weighted by Crippen LogP contribution is -2.60. The zero-order valence-electron chi connectivity index (χ0n) is 17.3. The van der Waals surface area contributed by atoms with Crippen molar-refractivity contribution in [2.75, 3.05) is 20.2 Å². The van der Waals surface area contributed by atoms with Crippen LogP contribution >= 0.6 is 0 Å². The molecule has 3 rings (SSSR count). The van der Waals surface area contributed by atoms with Gasteiger partial charge in [0.15, 0.2) is 5.37 Å². The third kappa shape index (κ3) is 4.89. The topological polar surface area (TPSA) is 111 Å². The third-order valence-corrected chi connectivity index (χ3v) is 6.93. The maximum absolute atomic E-state index is 13.4. The number of primary sulfonamides is 1. The molecule has 4 N–H and O–H groups in total. The molecule has 2 aromatic carbocycles. The predicted molar refractivity (Wildman–Crippen MR) is 113 cm³/mol. The van der Waals surface area contributed by atoms with E-state index in [0.29, 0.717) is 13.1 Å². The summed E-state index contributed by atoms with van der Waals surface area (Å²) in [5, 5.41) is 9.43. The van der Waals surface area contributed by atoms with Crippen molar-refractivity contribution >= 4 is 15.9 Å². The Morgan fingerprint density at radius 2 is 1.81 bits per heavy atom. The normalized spacial score (nSPS) is 17.4. The summed E-state index contributed by atoms with van der Waals surface area (Å²) in [6.07, 6.45) is -4.30. The summed E-state index contributed by atoms with van der Waals surface area (Å²) in [5.74, 6) is -0.539. The summed E-state index contributed by atoms with van der Waals surface area (Å²) in [6.45, 7) is 0.680. The molecule has 0 radical (unpaired) electrons. The van der Waals surface area contributed by atoms with Crippen molar-refractivity contribution in [1.82, 2.24) is 10.6 Å². The first kappa shape index (κ1) is 24.0. The van der Waals surface area contributed by atoms with Gasteiger partial charge in [0.05, 0.1) is 18.2 Å². The predicted octanol–water partition coefficient (Wildman–Crippen LogP) is 2.38. The number of halogens is 3. The van der Waals surface area contributed by atoms with E-state index in [-0.39, 0.29) is 29.7 Å². The van der Waals surface area contributed by atoms with Crippen LogP contribution in [-0.4, -0.2) is 39.9 Å². The van der Waals surface area contributed by atoms with Gasteiger partial charge in [-0.25, -0.2) is 13.6 Å². The summed E-state index contributed by atoms with van der Waals surface area (Å²) in [6, 6.07) is 10.7. The zero-order chi connectivity index (χ0) is 23.6. The summed E-state index contributed by atoms with van der Waals surface area (Å²) >= 11 is 0. The molecule has 1 fully saturated rings. The van der Waals surface area contributed by atoms with E-state index >= 15 is 0 Å². The number of nitrogens with one attached hydrogen (secondary N) is 2. The van der Waals surface area contributed by atoms with Crippen LogP contribution in [0.1, 0.15) is 34.3 Å². The molecule has 0 saturated carbocycles. The number of ether oxygens (including phenoxy) is 1. The molecule has 2 aromatic rings. The van der Waals surface area contributed by atoms with E-state index < -0.39 is 38.5 Å². The molecule has 1 heterocycles. The van der Waals surface area contributed by atoms with Crippen LogP contribution in [0.5, 0.6) is 5.75 Å². The largest absolute Gasteiger partial charge is 0.496 e. The summed E-state index contributed by atoms with van der Waals surface area (Å²) in [7, 11) is -3.06. The maximum Gasteiger partial charge on any atom is 0.416 e.